The van der Waals surface area contributed by atoms with E-state index in [1.807, 2.05) is 36.9 Å². The summed E-state index contributed by atoms with van der Waals surface area (Å²) in [5.41, 5.74) is 3.74. The van der Waals surface area contributed by atoms with Gasteiger partial charge in [0.15, 0.2) is 0 Å². The molecular weight excluding hydrogens is 374 g/mol. The Hall–Kier alpha value is -2.67. The number of amidine groups is 1. The molecule has 0 aromatic heterocycles. The third kappa shape index (κ3) is 3.94. The largest absolute Gasteiger partial charge is 0.328 e. The van der Waals surface area contributed by atoms with Gasteiger partial charge < -0.3 is 10.2 Å². The molecule has 0 spiro atoms. The van der Waals surface area contributed by atoms with Gasteiger partial charge in [0.2, 0.25) is 0 Å². The van der Waals surface area contributed by atoms with Gasteiger partial charge in [-0.3, -0.25) is 4.79 Å². The van der Waals surface area contributed by atoms with E-state index >= 15 is 0 Å². The van der Waals surface area contributed by atoms with Crippen LogP contribution >= 0.6 is 0 Å². The summed E-state index contributed by atoms with van der Waals surface area (Å²) >= 11 is 0. The third-order valence-corrected chi connectivity index (χ3v) is 6.32. The minimum absolute atomic E-state index is 0.0712. The zero-order chi connectivity index (χ0) is 20.5. The lowest BCUT2D eigenvalue weighted by molar-refractivity contribution is 0.102. The van der Waals surface area contributed by atoms with Crippen molar-refractivity contribution in [2.24, 2.45) is 4.40 Å². The first kappa shape index (κ1) is 20.1. The van der Waals surface area contributed by atoms with E-state index in [9.17, 15) is 13.2 Å². The number of carbonyl (C=O) groups is 1. The number of carbonyl (C=O) groups excluding carboxylic acids is 1. The van der Waals surface area contributed by atoms with Crippen LogP contribution in [0.1, 0.15) is 48.2 Å². The fraction of sp³-hybridized carbons (Fsp3) is 0.333. The lowest BCUT2D eigenvalue weighted by atomic mass is 10.1. The van der Waals surface area contributed by atoms with Gasteiger partial charge in [-0.1, -0.05) is 19.4 Å². The molecule has 1 aliphatic heterocycles. The van der Waals surface area contributed by atoms with Gasteiger partial charge in [-0.15, -0.1) is 4.40 Å². The number of unbranched alkanes of at least 4 members (excludes halogenated alkanes) is 1. The molecule has 28 heavy (non-hydrogen) atoms. The molecule has 0 fully saturated rings. The van der Waals surface area contributed by atoms with Gasteiger partial charge in [0.25, 0.3) is 15.9 Å². The quantitative estimate of drug-likeness (QED) is 0.814. The van der Waals surface area contributed by atoms with Gasteiger partial charge >= 0.3 is 0 Å². The summed E-state index contributed by atoms with van der Waals surface area (Å²) in [6.07, 6.45) is 1.91. The van der Waals surface area contributed by atoms with Crippen molar-refractivity contribution < 1.29 is 13.2 Å². The van der Waals surface area contributed by atoms with Crippen molar-refractivity contribution in [2.45, 2.75) is 45.4 Å². The highest BCUT2D eigenvalue weighted by atomic mass is 32.2. The average molecular weight is 400 g/mol. The Morgan fingerprint density at radius 2 is 1.82 bits per heavy atom. The molecule has 6 nitrogen and oxygen atoms in total. The van der Waals surface area contributed by atoms with E-state index in [4.69, 9.17) is 0 Å². The maximum atomic E-state index is 12.7. The summed E-state index contributed by atoms with van der Waals surface area (Å²) in [5.74, 6) is 0.0981. The first-order chi connectivity index (χ1) is 13.2. The topological polar surface area (TPSA) is 78.8 Å². The molecule has 1 amide bonds. The minimum atomic E-state index is -3.82. The minimum Gasteiger partial charge on any atom is -0.328 e. The first-order valence-electron chi connectivity index (χ1n) is 9.34. The van der Waals surface area contributed by atoms with Crippen molar-refractivity contribution >= 4 is 33.1 Å². The summed E-state index contributed by atoms with van der Waals surface area (Å²) in [4.78, 5) is 14.6. The van der Waals surface area contributed by atoms with Crippen LogP contribution in [0.25, 0.3) is 0 Å². The van der Waals surface area contributed by atoms with Crippen molar-refractivity contribution in [3.05, 3.63) is 53.1 Å². The third-order valence-electron chi connectivity index (χ3n) is 4.93. The Labute approximate surface area is 166 Å². The van der Waals surface area contributed by atoms with Gasteiger partial charge in [0, 0.05) is 17.8 Å². The molecule has 0 bridgehead atoms. The molecular formula is C21H25N3O3S. The number of sulfonamides is 1. The van der Waals surface area contributed by atoms with Crippen LogP contribution in [0, 0.1) is 13.8 Å². The number of rotatable bonds is 5. The standard InChI is InChI=1S/C21H25N3O3S/c1-5-6-11-24-16(4)23-28(26,27)20-13-17(8-10-19(20)24)21(25)22-18-9-7-14(2)15(3)12-18/h7-10,12-13H,5-6,11H2,1-4H3,(H,22,25). The molecule has 2 aromatic carbocycles. The number of hydrogen-bond donors (Lipinski definition) is 1. The zero-order valence-electron chi connectivity index (χ0n) is 16.6. The maximum Gasteiger partial charge on any atom is 0.286 e. The Kier molecular flexibility index (Phi) is 5.56. The maximum absolute atomic E-state index is 12.7. The predicted octanol–water partition coefficient (Wildman–Crippen LogP) is 4.28. The van der Waals surface area contributed by atoms with E-state index in [1.54, 1.807) is 19.1 Å². The second kappa shape index (κ2) is 7.75. The average Bonchev–Trinajstić information content (AvgIpc) is 2.64. The number of nitrogens with one attached hydrogen (secondary N) is 1. The number of hydrogen-bond acceptors (Lipinski definition) is 4. The Morgan fingerprint density at radius 1 is 1.07 bits per heavy atom. The zero-order valence-corrected chi connectivity index (χ0v) is 17.4. The molecule has 1 N–H and O–H groups in total. The molecule has 0 saturated heterocycles. The van der Waals surface area contributed by atoms with Gasteiger partial charge in [-0.05, 0) is 68.7 Å². The van der Waals surface area contributed by atoms with E-state index in [0.29, 0.717) is 23.8 Å². The number of benzene rings is 2. The molecule has 0 unspecified atom stereocenters. The lowest BCUT2D eigenvalue weighted by Crippen LogP contribution is -2.34. The predicted molar refractivity (Wildman–Crippen MR) is 113 cm³/mol. The summed E-state index contributed by atoms with van der Waals surface area (Å²) in [6, 6.07) is 10.4. The second-order valence-electron chi connectivity index (χ2n) is 7.05. The molecule has 148 valence electrons. The number of fused-ring (bicyclic) bond motifs is 1. The van der Waals surface area contributed by atoms with Crippen LogP contribution in [0.15, 0.2) is 45.7 Å². The fourth-order valence-corrected chi connectivity index (χ4v) is 4.42. The van der Waals surface area contributed by atoms with E-state index < -0.39 is 10.0 Å². The lowest BCUT2D eigenvalue weighted by Gasteiger charge is -2.29. The van der Waals surface area contributed by atoms with Crippen LogP contribution in [-0.4, -0.2) is 26.7 Å². The van der Waals surface area contributed by atoms with Gasteiger partial charge in [-0.2, -0.15) is 8.42 Å². The highest BCUT2D eigenvalue weighted by Gasteiger charge is 2.29. The van der Waals surface area contributed by atoms with Crippen LogP contribution in [0.5, 0.6) is 0 Å². The normalized spacial score (nSPS) is 15.0. The summed E-state index contributed by atoms with van der Waals surface area (Å²) < 4.78 is 29.0. The van der Waals surface area contributed by atoms with E-state index in [0.717, 1.165) is 24.0 Å². The molecule has 0 saturated carbocycles. The van der Waals surface area contributed by atoms with Crippen LogP contribution < -0.4 is 10.2 Å². The number of aryl methyl sites for hydroxylation is 2. The van der Waals surface area contributed by atoms with E-state index in [1.165, 1.54) is 6.07 Å². The SMILES string of the molecule is CCCCN1C(C)=NS(=O)(=O)c2cc(C(=O)Nc3ccc(C)c(C)c3)ccc21. The highest BCUT2D eigenvalue weighted by molar-refractivity contribution is 7.90. The van der Waals surface area contributed by atoms with Crippen LogP contribution in [0.3, 0.4) is 0 Å². The highest BCUT2D eigenvalue weighted by Crippen LogP contribution is 2.33. The summed E-state index contributed by atoms with van der Waals surface area (Å²) in [7, 11) is -3.82. The van der Waals surface area contributed by atoms with E-state index in [2.05, 4.69) is 16.6 Å². The molecule has 0 radical (unpaired) electrons. The van der Waals surface area contributed by atoms with Crippen molar-refractivity contribution in [3.63, 3.8) is 0 Å². The second-order valence-corrected chi connectivity index (χ2v) is 8.63. The molecule has 0 atom stereocenters. The van der Waals surface area contributed by atoms with Crippen molar-refractivity contribution in [1.29, 1.82) is 0 Å². The Bertz CT molecular complexity index is 1060. The van der Waals surface area contributed by atoms with Gasteiger partial charge in [-0.25, -0.2) is 0 Å². The number of nitrogens with zero attached hydrogens (tertiary/aromatic N) is 2. The molecule has 1 aliphatic rings. The summed E-state index contributed by atoms with van der Waals surface area (Å²) in [6.45, 7) is 8.43. The van der Waals surface area contributed by atoms with Crippen molar-refractivity contribution in [1.82, 2.24) is 0 Å². The molecule has 2 aromatic rings. The van der Waals surface area contributed by atoms with Crippen LogP contribution in [0.2, 0.25) is 0 Å². The first-order valence-corrected chi connectivity index (χ1v) is 10.8. The molecule has 7 heteroatoms. The van der Waals surface area contributed by atoms with Crippen molar-refractivity contribution in [3.8, 4) is 0 Å². The Balaban J connectivity index is 1.94. The molecule has 1 heterocycles. The van der Waals surface area contributed by atoms with Crippen LogP contribution in [0.4, 0.5) is 11.4 Å². The van der Waals surface area contributed by atoms with Crippen LogP contribution in [-0.2, 0) is 10.0 Å². The Morgan fingerprint density at radius 3 is 2.50 bits per heavy atom. The van der Waals surface area contributed by atoms with Gasteiger partial charge in [0.1, 0.15) is 10.7 Å². The fourth-order valence-electron chi connectivity index (χ4n) is 3.15. The molecule has 0 aliphatic carbocycles. The smallest absolute Gasteiger partial charge is 0.286 e. The monoisotopic (exact) mass is 399 g/mol. The van der Waals surface area contributed by atoms with E-state index in [-0.39, 0.29) is 16.4 Å². The number of anilines is 2. The number of amides is 1. The summed E-state index contributed by atoms with van der Waals surface area (Å²) in [5, 5.41) is 2.83. The molecule has 3 rings (SSSR count). The van der Waals surface area contributed by atoms with Gasteiger partial charge in [0.05, 0.1) is 5.69 Å². The van der Waals surface area contributed by atoms with Crippen molar-refractivity contribution in [2.75, 3.05) is 16.8 Å².